The predicted octanol–water partition coefficient (Wildman–Crippen LogP) is 6.79. The summed E-state index contributed by atoms with van der Waals surface area (Å²) in [4.78, 5) is 32.4. The number of carbonyl (C=O) groups excluding carboxylic acids is 2. The maximum Gasteiger partial charge on any atom is 0.490 e. The van der Waals surface area contributed by atoms with Gasteiger partial charge in [-0.25, -0.2) is 4.79 Å². The first-order chi connectivity index (χ1) is 20.6. The van der Waals surface area contributed by atoms with Crippen LogP contribution in [-0.2, 0) is 22.4 Å². The van der Waals surface area contributed by atoms with Gasteiger partial charge in [0.1, 0.15) is 23.7 Å². The van der Waals surface area contributed by atoms with Gasteiger partial charge in [-0.15, -0.1) is 0 Å². The third-order valence-corrected chi connectivity index (χ3v) is 8.59. The molecule has 0 radical (unpaired) electrons. The van der Waals surface area contributed by atoms with Crippen molar-refractivity contribution in [1.29, 1.82) is 0 Å². The van der Waals surface area contributed by atoms with Gasteiger partial charge in [-0.2, -0.15) is 13.2 Å². The average Bonchev–Trinajstić information content (AvgIpc) is 3.28. The molecule has 4 rings (SSSR count). The smallest absolute Gasteiger partial charge is 0.489 e. The number of halogens is 3. The number of carboxylic acid groups (broad SMARTS) is 1. The number of nitrogens with one attached hydrogen (secondary N) is 1. The number of aliphatic carboxylic acids is 1. The van der Waals surface area contributed by atoms with Crippen LogP contribution in [0.2, 0.25) is 0 Å². The highest BCUT2D eigenvalue weighted by Gasteiger charge is 2.38. The van der Waals surface area contributed by atoms with Gasteiger partial charge in [0.25, 0.3) is 11.1 Å². The Morgan fingerprint density at radius 2 is 1.73 bits per heavy atom. The summed E-state index contributed by atoms with van der Waals surface area (Å²) >= 11 is 0.915. The first kappa shape index (κ1) is 35.0. The minimum absolute atomic E-state index is 0.339. The highest BCUT2D eigenvalue weighted by molar-refractivity contribution is 8.18. The molecule has 8 nitrogen and oxygen atoms in total. The first-order valence-corrected chi connectivity index (χ1v) is 15.2. The SMILES string of the molecule is Cc1c(C)c2c(c(C)c1CCCCCCN)CCC(C)(COc1ccc(/C=C3\SC(=O)NC3=O)cc1)O2.O=C(O)C(F)(F)F. The number of fused-ring (bicyclic) bond motifs is 1. The van der Waals surface area contributed by atoms with Crippen LogP contribution in [-0.4, -0.2) is 47.2 Å². The van der Waals surface area contributed by atoms with Gasteiger partial charge in [0.05, 0.1) is 4.91 Å². The molecule has 1 atom stereocenters. The summed E-state index contributed by atoms with van der Waals surface area (Å²) < 4.78 is 44.5. The van der Waals surface area contributed by atoms with Crippen LogP contribution in [0.1, 0.15) is 72.4 Å². The van der Waals surface area contributed by atoms with Crippen molar-refractivity contribution >= 4 is 35.0 Å². The molecule has 2 amide bonds. The zero-order chi connectivity index (χ0) is 32.7. The number of carboxylic acids is 1. The largest absolute Gasteiger partial charge is 0.490 e. The molecular weight excluding hydrogens is 597 g/mol. The standard InChI is InChI=1S/C30H38N2O4S.C2HF3O2/c1-19-20(2)27-25(21(3)24(19)9-7-5-6-8-16-31)14-15-30(4,36-27)18-35-23-12-10-22(11-13-23)17-26-28(33)32-29(34)37-26;3-2(4,5)1(6)7/h10-13,17H,5-9,14-16,18,31H2,1-4H3,(H,32,33,34);(H,6,7)/b26-17-;. The zero-order valence-corrected chi connectivity index (χ0v) is 26.2. The fourth-order valence-corrected chi connectivity index (χ4v) is 5.81. The van der Waals surface area contributed by atoms with Gasteiger partial charge in [-0.05, 0) is 130 Å². The lowest BCUT2D eigenvalue weighted by molar-refractivity contribution is -0.192. The summed E-state index contributed by atoms with van der Waals surface area (Å²) in [7, 11) is 0. The number of ether oxygens (including phenoxy) is 2. The molecule has 2 aliphatic rings. The van der Waals surface area contributed by atoms with E-state index in [0.717, 1.165) is 61.1 Å². The Hall–Kier alpha value is -3.51. The predicted molar refractivity (Wildman–Crippen MR) is 164 cm³/mol. The van der Waals surface area contributed by atoms with E-state index in [1.807, 2.05) is 24.3 Å². The highest BCUT2D eigenvalue weighted by atomic mass is 32.2. The zero-order valence-electron chi connectivity index (χ0n) is 25.4. The summed E-state index contributed by atoms with van der Waals surface area (Å²) in [6, 6.07) is 7.52. The lowest BCUT2D eigenvalue weighted by Crippen LogP contribution is -2.42. The second-order valence-corrected chi connectivity index (χ2v) is 12.2. The minimum atomic E-state index is -5.08. The molecule has 0 aliphatic carbocycles. The Kier molecular flexibility index (Phi) is 11.9. The van der Waals surface area contributed by atoms with Crippen molar-refractivity contribution in [3.63, 3.8) is 0 Å². The van der Waals surface area contributed by atoms with E-state index in [-0.39, 0.29) is 11.1 Å². The van der Waals surface area contributed by atoms with Crippen LogP contribution in [0, 0.1) is 20.8 Å². The molecule has 12 heteroatoms. The second-order valence-electron chi connectivity index (χ2n) is 11.2. The molecule has 0 saturated carbocycles. The molecule has 1 fully saturated rings. The van der Waals surface area contributed by atoms with E-state index in [2.05, 4.69) is 33.0 Å². The van der Waals surface area contributed by atoms with Gasteiger partial charge in [-0.1, -0.05) is 25.0 Å². The summed E-state index contributed by atoms with van der Waals surface area (Å²) in [5.41, 5.74) is 12.9. The maximum absolute atomic E-state index is 11.8. The number of imide groups is 1. The Bertz CT molecular complexity index is 1410. The minimum Gasteiger partial charge on any atom is -0.489 e. The summed E-state index contributed by atoms with van der Waals surface area (Å²) in [6.45, 7) is 10.0. The summed E-state index contributed by atoms with van der Waals surface area (Å²) in [5, 5.41) is 9.06. The Morgan fingerprint density at radius 1 is 1.09 bits per heavy atom. The van der Waals surface area contributed by atoms with Gasteiger partial charge in [0.2, 0.25) is 0 Å². The third-order valence-electron chi connectivity index (χ3n) is 7.77. The van der Waals surface area contributed by atoms with Crippen molar-refractivity contribution in [2.45, 2.75) is 84.4 Å². The van der Waals surface area contributed by atoms with Crippen LogP contribution >= 0.6 is 11.8 Å². The molecule has 1 saturated heterocycles. The lowest BCUT2D eigenvalue weighted by atomic mass is 9.84. The number of benzene rings is 2. The number of amides is 2. The fourth-order valence-electron chi connectivity index (χ4n) is 5.13. The molecule has 1 unspecified atom stereocenters. The van der Waals surface area contributed by atoms with Crippen LogP contribution in [0.3, 0.4) is 0 Å². The summed E-state index contributed by atoms with van der Waals surface area (Å²) in [5.74, 6) is -1.34. The molecule has 44 heavy (non-hydrogen) atoms. The van der Waals surface area contributed by atoms with Gasteiger partial charge in [-0.3, -0.25) is 14.9 Å². The molecule has 0 spiro atoms. The van der Waals surface area contributed by atoms with Gasteiger partial charge < -0.3 is 20.3 Å². The van der Waals surface area contributed by atoms with E-state index in [0.29, 0.717) is 11.5 Å². The van der Waals surface area contributed by atoms with Gasteiger partial charge in [0, 0.05) is 0 Å². The number of thioether (sulfide) groups is 1. The molecule has 2 aromatic carbocycles. The van der Waals surface area contributed by atoms with E-state index in [4.69, 9.17) is 25.1 Å². The lowest BCUT2D eigenvalue weighted by Gasteiger charge is -2.38. The molecule has 2 aliphatic heterocycles. The number of alkyl halides is 3. The van der Waals surface area contributed by atoms with Crippen LogP contribution < -0.4 is 20.5 Å². The van der Waals surface area contributed by atoms with Gasteiger partial charge in [0.15, 0.2) is 0 Å². The molecule has 4 N–H and O–H groups in total. The van der Waals surface area contributed by atoms with Crippen LogP contribution in [0.4, 0.5) is 18.0 Å². The van der Waals surface area contributed by atoms with Crippen LogP contribution in [0.5, 0.6) is 11.5 Å². The molecule has 2 heterocycles. The Balaban J connectivity index is 0.000000676. The topological polar surface area (TPSA) is 128 Å². The van der Waals surface area contributed by atoms with Crippen molar-refractivity contribution in [2.24, 2.45) is 5.73 Å². The Morgan fingerprint density at radius 3 is 2.30 bits per heavy atom. The molecule has 240 valence electrons. The number of unbranched alkanes of at least 4 members (excludes halogenated alkanes) is 3. The average molecular weight is 637 g/mol. The fraction of sp³-hybridized carbons (Fsp3) is 0.469. The third kappa shape index (κ3) is 9.25. The van der Waals surface area contributed by atoms with E-state index < -0.39 is 17.7 Å². The number of carbonyl (C=O) groups is 3. The summed E-state index contributed by atoms with van der Waals surface area (Å²) in [6.07, 6.45) is 4.35. The normalized spacial score (nSPS) is 18.7. The number of hydrogen-bond acceptors (Lipinski definition) is 7. The van der Waals surface area contributed by atoms with E-state index in [9.17, 15) is 22.8 Å². The molecule has 2 aromatic rings. The number of hydrogen-bond donors (Lipinski definition) is 3. The molecule has 0 aromatic heterocycles. The highest BCUT2D eigenvalue weighted by Crippen LogP contribution is 2.41. The van der Waals surface area contributed by atoms with E-state index in [1.54, 1.807) is 6.08 Å². The van der Waals surface area contributed by atoms with Gasteiger partial charge >= 0.3 is 12.1 Å². The van der Waals surface area contributed by atoms with Crippen molar-refractivity contribution in [3.8, 4) is 11.5 Å². The van der Waals surface area contributed by atoms with Crippen molar-refractivity contribution in [1.82, 2.24) is 5.32 Å². The van der Waals surface area contributed by atoms with Crippen molar-refractivity contribution < 1.29 is 42.1 Å². The quantitative estimate of drug-likeness (QED) is 0.192. The van der Waals surface area contributed by atoms with E-state index >= 15 is 0 Å². The van der Waals surface area contributed by atoms with Crippen molar-refractivity contribution in [2.75, 3.05) is 13.2 Å². The number of rotatable bonds is 10. The number of nitrogens with two attached hydrogens (primary N) is 1. The monoisotopic (exact) mass is 636 g/mol. The van der Waals surface area contributed by atoms with Crippen molar-refractivity contribution in [3.05, 3.63) is 62.6 Å². The van der Waals surface area contributed by atoms with Crippen LogP contribution in [0.15, 0.2) is 29.2 Å². The molecule has 0 bridgehead atoms. The maximum atomic E-state index is 11.8. The second kappa shape index (κ2) is 15.0. The molecular formula is C32H39F3N2O6S. The first-order valence-electron chi connectivity index (χ1n) is 14.4. The Labute approximate surface area is 259 Å². The van der Waals surface area contributed by atoms with E-state index in [1.165, 1.54) is 47.1 Å². The van der Waals surface area contributed by atoms with Crippen LogP contribution in [0.25, 0.3) is 6.08 Å².